The van der Waals surface area contributed by atoms with E-state index in [1.54, 1.807) is 0 Å². The van der Waals surface area contributed by atoms with Gasteiger partial charge in [0.25, 0.3) is 0 Å². The third kappa shape index (κ3) is 2.26. The number of likely N-dealkylation sites (N-methyl/N-ethyl adjacent to an activating group) is 1. The number of amides is 1. The van der Waals surface area contributed by atoms with Crippen LogP contribution in [0.3, 0.4) is 0 Å². The summed E-state index contributed by atoms with van der Waals surface area (Å²) in [5, 5.41) is 3.42. The molecule has 0 aliphatic carbocycles. The molecular weight excluding hydrogens is 238 g/mol. The normalized spacial score (nSPS) is 28.3. The Kier molecular flexibility index (Phi) is 3.29. The van der Waals surface area contributed by atoms with Crippen molar-refractivity contribution >= 4 is 5.91 Å². The zero-order valence-corrected chi connectivity index (χ0v) is 11.6. The molecule has 2 unspecified atom stereocenters. The molecule has 19 heavy (non-hydrogen) atoms. The smallest absolute Gasteiger partial charge is 0.244 e. The number of aryl methyl sites for hydroxylation is 1. The van der Waals surface area contributed by atoms with Crippen molar-refractivity contribution in [1.82, 2.24) is 15.1 Å². The number of rotatable bonds is 1. The highest BCUT2D eigenvalue weighted by Crippen LogP contribution is 2.30. The molecule has 1 aromatic rings. The van der Waals surface area contributed by atoms with Crippen molar-refractivity contribution in [3.8, 4) is 0 Å². The molecule has 4 nitrogen and oxygen atoms in total. The van der Waals surface area contributed by atoms with Crippen LogP contribution in [0.4, 0.5) is 0 Å². The third-order valence-electron chi connectivity index (χ3n) is 4.18. The van der Waals surface area contributed by atoms with Gasteiger partial charge >= 0.3 is 0 Å². The van der Waals surface area contributed by atoms with Gasteiger partial charge in [-0.2, -0.15) is 0 Å². The summed E-state index contributed by atoms with van der Waals surface area (Å²) in [6, 6.07) is 8.67. The maximum absolute atomic E-state index is 12.6. The molecular formula is C15H21N3O. The van der Waals surface area contributed by atoms with Crippen LogP contribution in [0.2, 0.25) is 0 Å². The molecule has 3 rings (SSSR count). The highest BCUT2D eigenvalue weighted by molar-refractivity contribution is 5.84. The van der Waals surface area contributed by atoms with Crippen LogP contribution in [0.5, 0.6) is 0 Å². The number of benzene rings is 1. The molecule has 4 heteroatoms. The molecule has 0 radical (unpaired) electrons. The number of fused-ring (bicyclic) bond motifs is 1. The van der Waals surface area contributed by atoms with Gasteiger partial charge in [-0.15, -0.1) is 0 Å². The van der Waals surface area contributed by atoms with Crippen molar-refractivity contribution in [2.24, 2.45) is 0 Å². The van der Waals surface area contributed by atoms with Crippen LogP contribution < -0.4 is 5.32 Å². The van der Waals surface area contributed by atoms with Crippen LogP contribution in [-0.2, 0) is 4.79 Å². The molecule has 1 N–H and O–H groups in total. The lowest BCUT2D eigenvalue weighted by Gasteiger charge is -2.47. The number of piperazine rings is 2. The number of carbonyl (C=O) groups excluding carboxylic acids is 1. The van der Waals surface area contributed by atoms with Gasteiger partial charge in [-0.3, -0.25) is 9.69 Å². The molecule has 2 heterocycles. The SMILES string of the molecule is Cc1cccc(C2C(=O)N(C)CC3CNCCN32)c1. The summed E-state index contributed by atoms with van der Waals surface area (Å²) < 4.78 is 0. The Bertz CT molecular complexity index is 488. The topological polar surface area (TPSA) is 35.6 Å². The summed E-state index contributed by atoms with van der Waals surface area (Å²) in [4.78, 5) is 16.8. The van der Waals surface area contributed by atoms with Crippen LogP contribution >= 0.6 is 0 Å². The molecule has 102 valence electrons. The van der Waals surface area contributed by atoms with E-state index in [-0.39, 0.29) is 11.9 Å². The third-order valence-corrected chi connectivity index (χ3v) is 4.18. The van der Waals surface area contributed by atoms with Crippen LogP contribution in [0.25, 0.3) is 0 Å². The minimum Gasteiger partial charge on any atom is -0.342 e. The van der Waals surface area contributed by atoms with Gasteiger partial charge in [-0.1, -0.05) is 29.8 Å². The highest BCUT2D eigenvalue weighted by atomic mass is 16.2. The average Bonchev–Trinajstić information content (AvgIpc) is 2.40. The second kappa shape index (κ2) is 4.94. The quantitative estimate of drug-likeness (QED) is 0.809. The van der Waals surface area contributed by atoms with Crippen LogP contribution in [-0.4, -0.2) is 55.0 Å². The summed E-state index contributed by atoms with van der Waals surface area (Å²) in [6.45, 7) is 5.79. The largest absolute Gasteiger partial charge is 0.342 e. The van der Waals surface area contributed by atoms with Crippen molar-refractivity contribution < 1.29 is 4.79 Å². The molecule has 0 spiro atoms. The second-order valence-corrected chi connectivity index (χ2v) is 5.63. The number of nitrogens with zero attached hydrogens (tertiary/aromatic N) is 2. The molecule has 0 saturated carbocycles. The minimum absolute atomic E-state index is 0.106. The fourth-order valence-electron chi connectivity index (χ4n) is 3.22. The summed E-state index contributed by atoms with van der Waals surface area (Å²) in [6.07, 6.45) is 0. The summed E-state index contributed by atoms with van der Waals surface area (Å²) in [5.41, 5.74) is 2.34. The number of carbonyl (C=O) groups is 1. The zero-order chi connectivity index (χ0) is 13.4. The predicted octanol–water partition coefficient (Wildman–Crippen LogP) is 0.782. The van der Waals surface area contributed by atoms with E-state index in [1.807, 2.05) is 18.0 Å². The molecule has 0 bridgehead atoms. The van der Waals surface area contributed by atoms with E-state index in [1.165, 1.54) is 5.56 Å². The summed E-state index contributed by atoms with van der Waals surface area (Å²) in [5.74, 6) is 0.226. The van der Waals surface area contributed by atoms with E-state index in [0.717, 1.165) is 31.7 Å². The van der Waals surface area contributed by atoms with E-state index in [2.05, 4.69) is 35.3 Å². The van der Waals surface area contributed by atoms with E-state index in [0.29, 0.717) is 6.04 Å². The first-order valence-corrected chi connectivity index (χ1v) is 6.95. The van der Waals surface area contributed by atoms with Crippen LogP contribution in [0, 0.1) is 6.92 Å². The number of hydrogen-bond acceptors (Lipinski definition) is 3. The van der Waals surface area contributed by atoms with Gasteiger partial charge in [-0.25, -0.2) is 0 Å². The maximum atomic E-state index is 12.6. The van der Waals surface area contributed by atoms with Gasteiger partial charge in [0.05, 0.1) is 0 Å². The summed E-state index contributed by atoms with van der Waals surface area (Å²) in [7, 11) is 1.91. The Morgan fingerprint density at radius 1 is 1.37 bits per heavy atom. The maximum Gasteiger partial charge on any atom is 0.244 e. The Balaban J connectivity index is 1.97. The van der Waals surface area contributed by atoms with Crippen molar-refractivity contribution in [2.45, 2.75) is 19.0 Å². The molecule has 1 aromatic carbocycles. The van der Waals surface area contributed by atoms with Crippen molar-refractivity contribution in [3.63, 3.8) is 0 Å². The molecule has 1 amide bonds. The Morgan fingerprint density at radius 2 is 2.21 bits per heavy atom. The first-order chi connectivity index (χ1) is 9.16. The lowest BCUT2D eigenvalue weighted by Crippen LogP contribution is -2.63. The monoisotopic (exact) mass is 259 g/mol. The lowest BCUT2D eigenvalue weighted by molar-refractivity contribution is -0.144. The number of hydrogen-bond donors (Lipinski definition) is 1. The van der Waals surface area contributed by atoms with E-state index < -0.39 is 0 Å². The van der Waals surface area contributed by atoms with E-state index in [4.69, 9.17) is 0 Å². The highest BCUT2D eigenvalue weighted by Gasteiger charge is 2.40. The van der Waals surface area contributed by atoms with Gasteiger partial charge in [0.1, 0.15) is 6.04 Å². The molecule has 2 fully saturated rings. The lowest BCUT2D eigenvalue weighted by atomic mass is 9.96. The average molecular weight is 259 g/mol. The Labute approximate surface area is 114 Å². The van der Waals surface area contributed by atoms with Crippen molar-refractivity contribution in [3.05, 3.63) is 35.4 Å². The summed E-state index contributed by atoms with van der Waals surface area (Å²) >= 11 is 0. The van der Waals surface area contributed by atoms with Gasteiger partial charge in [0.15, 0.2) is 0 Å². The Morgan fingerprint density at radius 3 is 3.00 bits per heavy atom. The number of nitrogens with one attached hydrogen (secondary N) is 1. The van der Waals surface area contributed by atoms with Crippen molar-refractivity contribution in [1.29, 1.82) is 0 Å². The zero-order valence-electron chi connectivity index (χ0n) is 11.6. The molecule has 2 aliphatic heterocycles. The standard InChI is InChI=1S/C15H21N3O/c1-11-4-3-5-12(8-11)14-15(19)17(2)10-13-9-16-6-7-18(13)14/h3-5,8,13-14,16H,6-7,9-10H2,1-2H3. The first-order valence-electron chi connectivity index (χ1n) is 6.95. The minimum atomic E-state index is -0.106. The molecule has 0 aromatic heterocycles. The van der Waals surface area contributed by atoms with Gasteiger partial charge in [0, 0.05) is 39.3 Å². The van der Waals surface area contributed by atoms with Gasteiger partial charge < -0.3 is 10.2 Å². The van der Waals surface area contributed by atoms with Gasteiger partial charge in [-0.05, 0) is 12.5 Å². The second-order valence-electron chi connectivity index (χ2n) is 5.63. The predicted molar refractivity (Wildman–Crippen MR) is 74.9 cm³/mol. The van der Waals surface area contributed by atoms with Gasteiger partial charge in [0.2, 0.25) is 5.91 Å². The van der Waals surface area contributed by atoms with Crippen LogP contribution in [0.1, 0.15) is 17.2 Å². The Hall–Kier alpha value is -1.39. The first kappa shape index (κ1) is 12.6. The van der Waals surface area contributed by atoms with Crippen molar-refractivity contribution in [2.75, 3.05) is 33.2 Å². The molecule has 2 saturated heterocycles. The van der Waals surface area contributed by atoms with Crippen LogP contribution in [0.15, 0.2) is 24.3 Å². The fraction of sp³-hybridized carbons (Fsp3) is 0.533. The molecule has 2 atom stereocenters. The van der Waals surface area contributed by atoms with E-state index in [9.17, 15) is 4.79 Å². The molecule has 2 aliphatic rings. The van der Waals surface area contributed by atoms with E-state index >= 15 is 0 Å². The fourth-order valence-corrected chi connectivity index (χ4v) is 3.22.